The number of amides is 1. The number of aliphatic hydroxyl groups is 1. The lowest BCUT2D eigenvalue weighted by atomic mass is 10.1. The fraction of sp³-hybridized carbons (Fsp3) is 0.667. The van der Waals surface area contributed by atoms with Crippen LogP contribution in [0.25, 0.3) is 0 Å². The number of hydrogen-bond donors (Lipinski definition) is 2. The van der Waals surface area contributed by atoms with Gasteiger partial charge in [-0.2, -0.15) is 0 Å². The van der Waals surface area contributed by atoms with Crippen molar-refractivity contribution in [2.24, 2.45) is 0 Å². The number of aliphatic hydroxyl groups excluding tert-OH is 1. The summed E-state index contributed by atoms with van der Waals surface area (Å²) in [5.41, 5.74) is 0. The van der Waals surface area contributed by atoms with Gasteiger partial charge < -0.3 is 10.4 Å². The summed E-state index contributed by atoms with van der Waals surface area (Å²) in [6.45, 7) is 1.35. The van der Waals surface area contributed by atoms with Crippen LogP contribution in [0.15, 0.2) is 0 Å². The zero-order valence-corrected chi connectivity index (χ0v) is 5.63. The molecule has 0 spiro atoms. The van der Waals surface area contributed by atoms with Crippen molar-refractivity contribution in [3.63, 3.8) is 0 Å². The van der Waals surface area contributed by atoms with Gasteiger partial charge in [-0.3, -0.25) is 9.59 Å². The molecule has 1 unspecified atom stereocenters. The van der Waals surface area contributed by atoms with Gasteiger partial charge in [-0.1, -0.05) is 0 Å². The zero-order valence-electron chi connectivity index (χ0n) is 5.63. The minimum Gasteiger partial charge on any atom is -0.390 e. The van der Waals surface area contributed by atoms with Gasteiger partial charge in [0.2, 0.25) is 5.91 Å². The second-order valence-electron chi connectivity index (χ2n) is 2.43. The van der Waals surface area contributed by atoms with Crippen LogP contribution in [0.5, 0.6) is 0 Å². The van der Waals surface area contributed by atoms with Crippen molar-refractivity contribution in [2.75, 3.05) is 0 Å². The molecular formula is C6H9NO3. The van der Waals surface area contributed by atoms with Crippen molar-refractivity contribution in [3.8, 4) is 0 Å². The van der Waals surface area contributed by atoms with E-state index in [4.69, 9.17) is 5.11 Å². The van der Waals surface area contributed by atoms with Crippen molar-refractivity contribution in [1.29, 1.82) is 0 Å². The molecule has 0 radical (unpaired) electrons. The van der Waals surface area contributed by atoms with Gasteiger partial charge in [-0.05, 0) is 6.92 Å². The smallest absolute Gasteiger partial charge is 0.223 e. The Morgan fingerprint density at radius 2 is 2.40 bits per heavy atom. The number of ketones is 1. The highest BCUT2D eigenvalue weighted by atomic mass is 16.3. The van der Waals surface area contributed by atoms with Crippen LogP contribution in [-0.2, 0) is 9.59 Å². The van der Waals surface area contributed by atoms with Crippen LogP contribution >= 0.6 is 0 Å². The van der Waals surface area contributed by atoms with Gasteiger partial charge in [0.15, 0.2) is 5.78 Å². The van der Waals surface area contributed by atoms with E-state index in [1.165, 1.54) is 6.92 Å². The quantitative estimate of drug-likeness (QED) is 0.485. The Balaban J connectivity index is 2.63. The van der Waals surface area contributed by atoms with E-state index >= 15 is 0 Å². The molecule has 1 rings (SSSR count). The Bertz CT molecular complexity index is 178. The summed E-state index contributed by atoms with van der Waals surface area (Å²) in [6.07, 6.45) is -0.783. The van der Waals surface area contributed by atoms with Crippen LogP contribution < -0.4 is 5.32 Å². The number of Topliss-reactive ketones (excluding diaryl/α,β-unsaturated/α-hetero) is 1. The van der Waals surface area contributed by atoms with Crippen molar-refractivity contribution < 1.29 is 14.7 Å². The summed E-state index contributed by atoms with van der Waals surface area (Å²) in [5, 5.41) is 11.4. The second-order valence-corrected chi connectivity index (χ2v) is 2.43. The van der Waals surface area contributed by atoms with E-state index in [0.29, 0.717) is 0 Å². The van der Waals surface area contributed by atoms with Crippen LogP contribution in [0.1, 0.15) is 13.3 Å². The third-order valence-electron chi connectivity index (χ3n) is 1.53. The molecule has 10 heavy (non-hydrogen) atoms. The highest BCUT2D eigenvalue weighted by Gasteiger charge is 2.33. The van der Waals surface area contributed by atoms with E-state index in [0.717, 1.165) is 0 Å². The molecule has 1 amide bonds. The zero-order chi connectivity index (χ0) is 7.72. The lowest BCUT2D eigenvalue weighted by Gasteiger charge is -2.08. The molecule has 0 bridgehead atoms. The van der Waals surface area contributed by atoms with Crippen molar-refractivity contribution >= 4 is 11.7 Å². The van der Waals surface area contributed by atoms with Crippen molar-refractivity contribution in [2.45, 2.75) is 25.5 Å². The topological polar surface area (TPSA) is 66.4 Å². The number of carbonyl (C=O) groups excluding carboxylic acids is 2. The molecule has 1 aliphatic rings. The average Bonchev–Trinajstić information content (AvgIpc) is 2.10. The monoisotopic (exact) mass is 143 g/mol. The molecule has 0 aromatic rings. The molecule has 0 aromatic heterocycles. The summed E-state index contributed by atoms with van der Waals surface area (Å²) in [5.74, 6) is -0.453. The number of rotatable bonds is 1. The maximum absolute atomic E-state index is 10.6. The molecule has 1 heterocycles. The molecule has 2 atom stereocenters. The highest BCUT2D eigenvalue weighted by Crippen LogP contribution is 2.07. The Hall–Kier alpha value is -0.900. The summed E-state index contributed by atoms with van der Waals surface area (Å²) < 4.78 is 0. The molecule has 4 heteroatoms. The first kappa shape index (κ1) is 7.21. The van der Waals surface area contributed by atoms with E-state index in [2.05, 4.69) is 5.32 Å². The van der Waals surface area contributed by atoms with Crippen LogP contribution in [0.4, 0.5) is 0 Å². The first-order valence-electron chi connectivity index (χ1n) is 3.09. The molecule has 1 fully saturated rings. The molecule has 1 aliphatic heterocycles. The first-order valence-corrected chi connectivity index (χ1v) is 3.09. The second kappa shape index (κ2) is 2.38. The third-order valence-corrected chi connectivity index (χ3v) is 1.53. The Morgan fingerprint density at radius 1 is 1.80 bits per heavy atom. The first-order chi connectivity index (χ1) is 4.61. The van der Waals surface area contributed by atoms with Gasteiger partial charge in [-0.25, -0.2) is 0 Å². The highest BCUT2D eigenvalue weighted by molar-refractivity contribution is 5.91. The van der Waals surface area contributed by atoms with Crippen LogP contribution in [0, 0.1) is 0 Å². The maximum atomic E-state index is 10.6. The standard InChI is InChI=1S/C6H9NO3/c1-3(8)6-4(9)2-5(10)7-6/h4,6,9H,2H2,1H3,(H,7,10)/t4?,6-/m1/s1. The molecular weight excluding hydrogens is 134 g/mol. The van der Waals surface area contributed by atoms with Crippen LogP contribution in [0.2, 0.25) is 0 Å². The fourth-order valence-electron chi connectivity index (χ4n) is 1.01. The van der Waals surface area contributed by atoms with Crippen molar-refractivity contribution in [1.82, 2.24) is 5.32 Å². The lowest BCUT2D eigenvalue weighted by Crippen LogP contribution is -2.37. The average molecular weight is 143 g/mol. The Labute approximate surface area is 58.2 Å². The summed E-state index contributed by atoms with van der Waals surface area (Å²) in [7, 11) is 0. The summed E-state index contributed by atoms with van der Waals surface area (Å²) in [6, 6.07) is -0.674. The van der Waals surface area contributed by atoms with Gasteiger partial charge in [0, 0.05) is 0 Å². The van der Waals surface area contributed by atoms with Gasteiger partial charge in [-0.15, -0.1) is 0 Å². The minimum absolute atomic E-state index is 0.0459. The van der Waals surface area contributed by atoms with Crippen LogP contribution in [-0.4, -0.2) is 28.9 Å². The third kappa shape index (κ3) is 1.16. The molecule has 1 saturated heterocycles. The largest absolute Gasteiger partial charge is 0.390 e. The van der Waals surface area contributed by atoms with E-state index < -0.39 is 12.1 Å². The van der Waals surface area contributed by atoms with E-state index in [9.17, 15) is 9.59 Å². The van der Waals surface area contributed by atoms with Gasteiger partial charge >= 0.3 is 0 Å². The lowest BCUT2D eigenvalue weighted by molar-refractivity contribution is -0.123. The van der Waals surface area contributed by atoms with E-state index in [1.807, 2.05) is 0 Å². The number of nitrogens with one attached hydrogen (secondary N) is 1. The molecule has 2 N–H and O–H groups in total. The number of carbonyl (C=O) groups is 2. The maximum Gasteiger partial charge on any atom is 0.223 e. The van der Waals surface area contributed by atoms with E-state index in [1.54, 1.807) is 0 Å². The fourth-order valence-corrected chi connectivity index (χ4v) is 1.01. The summed E-state index contributed by atoms with van der Waals surface area (Å²) >= 11 is 0. The SMILES string of the molecule is CC(=O)[C@H]1NC(=O)CC1O. The van der Waals surface area contributed by atoms with Gasteiger partial charge in [0.05, 0.1) is 12.5 Å². The molecule has 0 saturated carbocycles. The Morgan fingerprint density at radius 3 is 2.60 bits per heavy atom. The number of hydrogen-bond acceptors (Lipinski definition) is 3. The predicted octanol–water partition coefficient (Wildman–Crippen LogP) is -1.18. The molecule has 56 valence electrons. The van der Waals surface area contributed by atoms with E-state index in [-0.39, 0.29) is 18.1 Å². The van der Waals surface area contributed by atoms with Crippen molar-refractivity contribution in [3.05, 3.63) is 0 Å². The molecule has 0 aliphatic carbocycles. The predicted molar refractivity (Wildman–Crippen MR) is 33.2 cm³/mol. The normalized spacial score (nSPS) is 32.0. The Kier molecular flexibility index (Phi) is 1.72. The van der Waals surface area contributed by atoms with Gasteiger partial charge in [0.25, 0.3) is 0 Å². The molecule has 4 nitrogen and oxygen atoms in total. The van der Waals surface area contributed by atoms with Crippen LogP contribution in [0.3, 0.4) is 0 Å². The van der Waals surface area contributed by atoms with Gasteiger partial charge in [0.1, 0.15) is 6.04 Å². The summed E-state index contributed by atoms with van der Waals surface area (Å²) in [4.78, 5) is 21.2. The minimum atomic E-state index is -0.829. The molecule has 0 aromatic carbocycles.